The van der Waals surface area contributed by atoms with Crippen LogP contribution in [0.1, 0.15) is 22.8 Å². The van der Waals surface area contributed by atoms with Gasteiger partial charge in [-0.3, -0.25) is 9.59 Å². The summed E-state index contributed by atoms with van der Waals surface area (Å²) in [6, 6.07) is 5.93. The van der Waals surface area contributed by atoms with Gasteiger partial charge in [0.15, 0.2) is 5.78 Å². The van der Waals surface area contributed by atoms with Gasteiger partial charge in [0.25, 0.3) is 0 Å². The largest absolute Gasteiger partial charge is 0.481 e. The highest BCUT2D eigenvalue weighted by Crippen LogP contribution is 2.07. The molecule has 0 amide bonds. The molecule has 1 aromatic carbocycles. The molecule has 4 heteroatoms. The first-order chi connectivity index (χ1) is 7.00. The third-order valence-corrected chi connectivity index (χ3v) is 2.01. The van der Waals surface area contributed by atoms with Crippen LogP contribution in [0, 0.1) is 0 Å². The Kier molecular flexibility index (Phi) is 3.57. The maximum atomic E-state index is 11.4. The summed E-state index contributed by atoms with van der Waals surface area (Å²) in [5.41, 5.74) is 6.63. The summed E-state index contributed by atoms with van der Waals surface area (Å²) in [6.45, 7) is 1.62. The van der Waals surface area contributed by atoms with E-state index in [-0.39, 0.29) is 12.2 Å². The van der Waals surface area contributed by atoms with Crippen LogP contribution in [0.15, 0.2) is 24.3 Å². The van der Waals surface area contributed by atoms with Crippen molar-refractivity contribution in [3.8, 4) is 0 Å². The van der Waals surface area contributed by atoms with Crippen molar-refractivity contribution in [1.29, 1.82) is 0 Å². The number of hydrogen-bond acceptors (Lipinski definition) is 3. The topological polar surface area (TPSA) is 80.4 Å². The number of Topliss-reactive ketones (excluding diaryl/α,β-unsaturated/α-hetero) is 1. The van der Waals surface area contributed by atoms with Gasteiger partial charge in [0, 0.05) is 5.56 Å². The normalized spacial score (nSPS) is 12.1. The van der Waals surface area contributed by atoms with Gasteiger partial charge in [-0.15, -0.1) is 0 Å². The monoisotopic (exact) mass is 207 g/mol. The van der Waals surface area contributed by atoms with E-state index in [9.17, 15) is 9.59 Å². The van der Waals surface area contributed by atoms with E-state index in [0.717, 1.165) is 0 Å². The number of carboxylic acid groups (broad SMARTS) is 1. The van der Waals surface area contributed by atoms with Gasteiger partial charge in [-0.05, 0) is 12.5 Å². The van der Waals surface area contributed by atoms with Crippen LogP contribution in [-0.4, -0.2) is 22.9 Å². The Labute approximate surface area is 87.7 Å². The average Bonchev–Trinajstić information content (AvgIpc) is 2.17. The minimum Gasteiger partial charge on any atom is -0.481 e. The first kappa shape index (κ1) is 11.4. The molecule has 15 heavy (non-hydrogen) atoms. The zero-order chi connectivity index (χ0) is 11.4. The van der Waals surface area contributed by atoms with E-state index in [1.54, 1.807) is 31.2 Å². The van der Waals surface area contributed by atoms with Gasteiger partial charge >= 0.3 is 5.97 Å². The molecule has 1 aromatic rings. The van der Waals surface area contributed by atoms with E-state index >= 15 is 0 Å². The number of carbonyl (C=O) groups is 2. The van der Waals surface area contributed by atoms with Gasteiger partial charge in [0.1, 0.15) is 0 Å². The van der Waals surface area contributed by atoms with Gasteiger partial charge in [-0.25, -0.2) is 0 Å². The molecule has 80 valence electrons. The standard InChI is InChI=1S/C11H13NO3/c1-7(12)11(15)9-4-2-8(3-5-9)6-10(13)14/h2-5,7H,6,12H2,1H3,(H,13,14)/t7-/m0/s1. The molecule has 0 aliphatic carbocycles. The lowest BCUT2D eigenvalue weighted by Crippen LogP contribution is -2.26. The third kappa shape index (κ3) is 3.18. The van der Waals surface area contributed by atoms with Crippen molar-refractivity contribution in [2.24, 2.45) is 5.73 Å². The van der Waals surface area contributed by atoms with Crippen molar-refractivity contribution in [3.63, 3.8) is 0 Å². The summed E-state index contributed by atoms with van der Waals surface area (Å²) in [6.07, 6.45) is -0.0351. The highest BCUT2D eigenvalue weighted by Gasteiger charge is 2.10. The Balaban J connectivity index is 2.81. The highest BCUT2D eigenvalue weighted by atomic mass is 16.4. The van der Waals surface area contributed by atoms with Crippen molar-refractivity contribution in [1.82, 2.24) is 0 Å². The quantitative estimate of drug-likeness (QED) is 0.717. The van der Waals surface area contributed by atoms with Crippen LogP contribution in [0.4, 0.5) is 0 Å². The van der Waals surface area contributed by atoms with Crippen molar-refractivity contribution < 1.29 is 14.7 Å². The third-order valence-electron chi connectivity index (χ3n) is 2.01. The number of aliphatic carboxylic acids is 1. The number of carboxylic acids is 1. The van der Waals surface area contributed by atoms with Crippen LogP contribution in [-0.2, 0) is 11.2 Å². The predicted octanol–water partition coefficient (Wildman–Crippen LogP) is 0.844. The fourth-order valence-corrected chi connectivity index (χ4v) is 1.22. The van der Waals surface area contributed by atoms with Crippen molar-refractivity contribution >= 4 is 11.8 Å². The SMILES string of the molecule is C[C@H](N)C(=O)c1ccc(CC(=O)O)cc1. The zero-order valence-electron chi connectivity index (χ0n) is 8.43. The summed E-state index contributed by atoms with van der Waals surface area (Å²) in [4.78, 5) is 21.8. The van der Waals surface area contributed by atoms with Crippen LogP contribution in [0.5, 0.6) is 0 Å². The fraction of sp³-hybridized carbons (Fsp3) is 0.273. The van der Waals surface area contributed by atoms with Crippen molar-refractivity contribution in [3.05, 3.63) is 35.4 Å². The second-order valence-corrected chi connectivity index (χ2v) is 3.42. The van der Waals surface area contributed by atoms with Gasteiger partial charge in [0.2, 0.25) is 0 Å². The molecular weight excluding hydrogens is 194 g/mol. The molecule has 0 aliphatic heterocycles. The number of benzene rings is 1. The Morgan fingerprint density at radius 1 is 1.33 bits per heavy atom. The lowest BCUT2D eigenvalue weighted by Gasteiger charge is -2.04. The molecule has 0 bridgehead atoms. The van der Waals surface area contributed by atoms with E-state index in [1.165, 1.54) is 0 Å². The molecule has 0 unspecified atom stereocenters. The maximum absolute atomic E-state index is 11.4. The molecule has 4 nitrogen and oxygen atoms in total. The number of nitrogens with two attached hydrogens (primary N) is 1. The van der Waals surface area contributed by atoms with Gasteiger partial charge in [0.05, 0.1) is 12.5 Å². The molecule has 0 aliphatic rings. The molecule has 0 heterocycles. The smallest absolute Gasteiger partial charge is 0.307 e. The first-order valence-electron chi connectivity index (χ1n) is 4.61. The van der Waals surface area contributed by atoms with E-state index in [0.29, 0.717) is 11.1 Å². The van der Waals surface area contributed by atoms with Crippen LogP contribution in [0.3, 0.4) is 0 Å². The molecule has 3 N–H and O–H groups in total. The summed E-state index contributed by atoms with van der Waals surface area (Å²) >= 11 is 0. The zero-order valence-corrected chi connectivity index (χ0v) is 8.43. The number of rotatable bonds is 4. The maximum Gasteiger partial charge on any atom is 0.307 e. The second kappa shape index (κ2) is 4.70. The van der Waals surface area contributed by atoms with Gasteiger partial charge < -0.3 is 10.8 Å². The average molecular weight is 207 g/mol. The van der Waals surface area contributed by atoms with Crippen molar-refractivity contribution in [2.45, 2.75) is 19.4 Å². The van der Waals surface area contributed by atoms with Gasteiger partial charge in [-0.1, -0.05) is 24.3 Å². The van der Waals surface area contributed by atoms with Crippen LogP contribution >= 0.6 is 0 Å². The minimum atomic E-state index is -0.888. The number of carbonyl (C=O) groups excluding carboxylic acids is 1. The van der Waals surface area contributed by atoms with Gasteiger partial charge in [-0.2, -0.15) is 0 Å². The number of hydrogen-bond donors (Lipinski definition) is 2. The predicted molar refractivity (Wildman–Crippen MR) is 55.8 cm³/mol. The van der Waals surface area contributed by atoms with E-state index < -0.39 is 12.0 Å². The van der Waals surface area contributed by atoms with Crippen molar-refractivity contribution in [2.75, 3.05) is 0 Å². The summed E-state index contributed by atoms with van der Waals surface area (Å²) < 4.78 is 0. The van der Waals surface area contributed by atoms with Crippen LogP contribution in [0.2, 0.25) is 0 Å². The molecule has 0 saturated heterocycles. The van der Waals surface area contributed by atoms with E-state index in [1.807, 2.05) is 0 Å². The molecule has 0 fully saturated rings. The fourth-order valence-electron chi connectivity index (χ4n) is 1.22. The second-order valence-electron chi connectivity index (χ2n) is 3.42. The summed E-state index contributed by atoms with van der Waals surface area (Å²) in [5.74, 6) is -1.03. The Hall–Kier alpha value is -1.68. The molecule has 0 radical (unpaired) electrons. The van der Waals surface area contributed by atoms with E-state index in [2.05, 4.69) is 0 Å². The molecule has 1 atom stereocenters. The molecular formula is C11H13NO3. The molecule has 0 saturated carbocycles. The molecule has 1 rings (SSSR count). The highest BCUT2D eigenvalue weighted by molar-refractivity contribution is 5.99. The Morgan fingerprint density at radius 3 is 2.27 bits per heavy atom. The summed E-state index contributed by atoms with van der Waals surface area (Å²) in [5, 5.41) is 8.55. The van der Waals surface area contributed by atoms with Crippen LogP contribution < -0.4 is 5.73 Å². The Morgan fingerprint density at radius 2 is 1.87 bits per heavy atom. The molecule has 0 aromatic heterocycles. The lowest BCUT2D eigenvalue weighted by atomic mass is 10.0. The minimum absolute atomic E-state index is 0.0351. The Bertz CT molecular complexity index is 368. The lowest BCUT2D eigenvalue weighted by molar-refractivity contribution is -0.136. The van der Waals surface area contributed by atoms with E-state index in [4.69, 9.17) is 10.8 Å². The van der Waals surface area contributed by atoms with Crippen LogP contribution in [0.25, 0.3) is 0 Å². The molecule has 0 spiro atoms. The number of ketones is 1. The summed E-state index contributed by atoms with van der Waals surface area (Å²) in [7, 11) is 0. The first-order valence-corrected chi connectivity index (χ1v) is 4.61.